The number of aliphatic carboxylic acids is 1. The maximum atomic E-state index is 12.3. The van der Waals surface area contributed by atoms with Gasteiger partial charge in [0.1, 0.15) is 11.4 Å². The summed E-state index contributed by atoms with van der Waals surface area (Å²) in [5.41, 5.74) is 0.229. The van der Waals surface area contributed by atoms with E-state index >= 15 is 0 Å². The van der Waals surface area contributed by atoms with Crippen molar-refractivity contribution in [1.82, 2.24) is 14.9 Å². The number of hydrogen-bond donors (Lipinski definition) is 2. The predicted octanol–water partition coefficient (Wildman–Crippen LogP) is 2.36. The lowest BCUT2D eigenvalue weighted by Gasteiger charge is -2.06. The van der Waals surface area contributed by atoms with Gasteiger partial charge in [0.25, 0.3) is 5.56 Å². The van der Waals surface area contributed by atoms with Gasteiger partial charge in [-0.3, -0.25) is 14.7 Å². The smallest absolute Gasteiger partial charge is 0.303 e. The number of aryl methyl sites for hydroxylation is 1. The fourth-order valence-electron chi connectivity index (χ4n) is 1.91. The van der Waals surface area contributed by atoms with Crippen molar-refractivity contribution < 1.29 is 14.6 Å². The highest BCUT2D eigenvalue weighted by Crippen LogP contribution is 2.25. The molecule has 25 heavy (non-hydrogen) atoms. The van der Waals surface area contributed by atoms with E-state index in [-0.39, 0.29) is 23.3 Å². The fourth-order valence-corrected chi connectivity index (χ4v) is 2.60. The Labute approximate surface area is 156 Å². The largest absolute Gasteiger partial charge is 0.493 e. The van der Waals surface area contributed by atoms with Crippen molar-refractivity contribution in [3.05, 3.63) is 49.1 Å². The summed E-state index contributed by atoms with van der Waals surface area (Å²) < 4.78 is 7.18. The quantitative estimate of drug-likeness (QED) is 0.519. The lowest BCUT2D eigenvalue weighted by atomic mass is 10.2. The first-order valence-electron chi connectivity index (χ1n) is 7.31. The van der Waals surface area contributed by atoms with Crippen molar-refractivity contribution in [2.24, 2.45) is 5.10 Å². The lowest BCUT2D eigenvalue weighted by molar-refractivity contribution is -0.136. The summed E-state index contributed by atoms with van der Waals surface area (Å²) in [6.07, 6.45) is 1.25. The van der Waals surface area contributed by atoms with E-state index in [1.807, 2.05) is 6.92 Å². The van der Waals surface area contributed by atoms with E-state index in [1.54, 1.807) is 18.2 Å². The molecule has 1 heterocycles. The first kappa shape index (κ1) is 19.0. The van der Waals surface area contributed by atoms with Crippen LogP contribution in [-0.4, -0.2) is 38.8 Å². The number of hydrogen-bond acceptors (Lipinski definition) is 6. The Hall–Kier alpha value is -2.33. The van der Waals surface area contributed by atoms with Gasteiger partial charge >= 0.3 is 5.97 Å². The lowest BCUT2D eigenvalue weighted by Crippen LogP contribution is -2.25. The molecule has 0 amide bonds. The van der Waals surface area contributed by atoms with Crippen LogP contribution in [0.4, 0.5) is 0 Å². The van der Waals surface area contributed by atoms with Crippen LogP contribution in [0.5, 0.6) is 5.75 Å². The number of rotatable bonds is 7. The summed E-state index contributed by atoms with van der Waals surface area (Å²) in [5, 5.41) is 19.1. The summed E-state index contributed by atoms with van der Waals surface area (Å²) in [7, 11) is 0. The Morgan fingerprint density at radius 2 is 2.32 bits per heavy atom. The fraction of sp³-hybridized carbons (Fsp3) is 0.267. The Morgan fingerprint density at radius 1 is 1.56 bits per heavy atom. The van der Waals surface area contributed by atoms with Crippen LogP contribution in [0.15, 0.2) is 32.6 Å². The predicted molar refractivity (Wildman–Crippen MR) is 97.9 cm³/mol. The number of carboxylic acids is 1. The third kappa shape index (κ3) is 5.07. The van der Waals surface area contributed by atoms with E-state index in [1.165, 1.54) is 6.21 Å². The molecule has 0 saturated carbocycles. The molecule has 10 heteroatoms. The molecule has 0 saturated heterocycles. The van der Waals surface area contributed by atoms with Gasteiger partial charge in [-0.2, -0.15) is 14.9 Å². The first-order valence-corrected chi connectivity index (χ1v) is 8.51. The molecule has 8 nitrogen and oxygen atoms in total. The van der Waals surface area contributed by atoms with Crippen LogP contribution >= 0.6 is 28.1 Å². The van der Waals surface area contributed by atoms with E-state index in [9.17, 15) is 9.59 Å². The molecule has 1 aromatic heterocycles. The standard InChI is InChI=1S/C15H15BrN4O4S/c1-2-24-12-5-3-9(7-10(12)16)8-17-20-14(23)11(4-6-13(21)22)18-19-15(20)25/h3,5,7-8H,2,4,6H2,1H3,(H,19,25)(H,21,22)/b17-8-. The topological polar surface area (TPSA) is 110 Å². The molecule has 2 N–H and O–H groups in total. The molecule has 0 spiro atoms. The van der Waals surface area contributed by atoms with E-state index < -0.39 is 11.5 Å². The van der Waals surface area contributed by atoms with Crippen LogP contribution in [0.2, 0.25) is 0 Å². The van der Waals surface area contributed by atoms with Crippen molar-refractivity contribution in [2.75, 3.05) is 6.61 Å². The second-order valence-corrected chi connectivity index (χ2v) is 6.09. The van der Waals surface area contributed by atoms with Gasteiger partial charge in [-0.05, 0) is 58.8 Å². The van der Waals surface area contributed by atoms with Crippen LogP contribution in [0.25, 0.3) is 0 Å². The maximum absolute atomic E-state index is 12.3. The van der Waals surface area contributed by atoms with Crippen LogP contribution in [0.3, 0.4) is 0 Å². The van der Waals surface area contributed by atoms with Gasteiger partial charge in [-0.15, -0.1) is 0 Å². The zero-order valence-electron chi connectivity index (χ0n) is 13.2. The number of carbonyl (C=O) groups is 1. The maximum Gasteiger partial charge on any atom is 0.303 e. The monoisotopic (exact) mass is 426 g/mol. The molecule has 0 unspecified atom stereocenters. The Balaban J connectivity index is 2.30. The number of aromatic nitrogens is 3. The van der Waals surface area contributed by atoms with Gasteiger partial charge in [-0.25, -0.2) is 0 Å². The minimum atomic E-state index is -1.02. The van der Waals surface area contributed by atoms with Crippen molar-refractivity contribution in [2.45, 2.75) is 19.8 Å². The number of nitrogens with zero attached hydrogens (tertiary/aromatic N) is 3. The third-order valence-electron chi connectivity index (χ3n) is 3.07. The van der Waals surface area contributed by atoms with Crippen molar-refractivity contribution in [1.29, 1.82) is 0 Å². The molecular formula is C15H15BrN4O4S. The molecule has 1 aromatic carbocycles. The average molecular weight is 427 g/mol. The number of aromatic amines is 1. The van der Waals surface area contributed by atoms with E-state index in [4.69, 9.17) is 22.1 Å². The molecule has 0 aliphatic heterocycles. The van der Waals surface area contributed by atoms with Gasteiger partial charge in [0, 0.05) is 6.42 Å². The average Bonchev–Trinajstić information content (AvgIpc) is 2.56. The minimum absolute atomic E-state index is 0.00952. The number of nitrogens with one attached hydrogen (secondary N) is 1. The number of halogens is 1. The first-order chi connectivity index (χ1) is 11.9. The van der Waals surface area contributed by atoms with Crippen molar-refractivity contribution in [3.63, 3.8) is 0 Å². The summed E-state index contributed by atoms with van der Waals surface area (Å²) in [6, 6.07) is 5.35. The van der Waals surface area contributed by atoms with Crippen molar-refractivity contribution in [3.8, 4) is 5.75 Å². The Bertz CT molecular complexity index is 922. The molecule has 0 bridgehead atoms. The normalized spacial score (nSPS) is 11.0. The summed E-state index contributed by atoms with van der Waals surface area (Å²) in [6.45, 7) is 2.44. The second kappa shape index (κ2) is 8.67. The highest BCUT2D eigenvalue weighted by Gasteiger charge is 2.09. The number of H-pyrrole nitrogens is 1. The number of carboxylic acid groups (broad SMARTS) is 1. The second-order valence-electron chi connectivity index (χ2n) is 4.85. The third-order valence-corrected chi connectivity index (χ3v) is 3.96. The number of benzene rings is 1. The van der Waals surface area contributed by atoms with Crippen LogP contribution in [0, 0.1) is 4.77 Å². The molecule has 0 aliphatic carbocycles. The van der Waals surface area contributed by atoms with Gasteiger partial charge < -0.3 is 9.84 Å². The van der Waals surface area contributed by atoms with Gasteiger partial charge in [0.2, 0.25) is 4.77 Å². The summed E-state index contributed by atoms with van der Waals surface area (Å²) in [5.74, 6) is -0.313. The van der Waals surface area contributed by atoms with Gasteiger partial charge in [0.05, 0.1) is 23.7 Å². The SMILES string of the molecule is CCOc1ccc(/C=N\n2c(=S)[nH]nc(CCC(=O)O)c2=O)cc1Br. The molecule has 0 atom stereocenters. The molecule has 0 fully saturated rings. The van der Waals surface area contributed by atoms with Gasteiger partial charge in [0.15, 0.2) is 0 Å². The van der Waals surface area contributed by atoms with Crippen LogP contribution in [0.1, 0.15) is 24.6 Å². The highest BCUT2D eigenvalue weighted by molar-refractivity contribution is 9.10. The van der Waals surface area contributed by atoms with E-state index in [0.29, 0.717) is 12.4 Å². The van der Waals surface area contributed by atoms with Gasteiger partial charge in [-0.1, -0.05) is 0 Å². The number of ether oxygens (including phenoxy) is 1. The van der Waals surface area contributed by atoms with Crippen molar-refractivity contribution >= 4 is 40.3 Å². The van der Waals surface area contributed by atoms with Crippen LogP contribution in [-0.2, 0) is 11.2 Å². The zero-order valence-corrected chi connectivity index (χ0v) is 15.6. The molecule has 0 aliphatic rings. The van der Waals surface area contributed by atoms with Crippen LogP contribution < -0.4 is 10.3 Å². The summed E-state index contributed by atoms with van der Waals surface area (Å²) in [4.78, 5) is 22.9. The Kier molecular flexibility index (Phi) is 6.59. The molecular weight excluding hydrogens is 412 g/mol. The van der Waals surface area contributed by atoms with E-state index in [0.717, 1.165) is 14.7 Å². The zero-order chi connectivity index (χ0) is 18.4. The molecule has 2 rings (SSSR count). The summed E-state index contributed by atoms with van der Waals surface area (Å²) >= 11 is 8.42. The highest BCUT2D eigenvalue weighted by atomic mass is 79.9. The molecule has 2 aromatic rings. The molecule has 132 valence electrons. The Morgan fingerprint density at radius 3 is 2.96 bits per heavy atom. The van der Waals surface area contributed by atoms with E-state index in [2.05, 4.69) is 31.2 Å². The minimum Gasteiger partial charge on any atom is -0.493 e. The molecule has 0 radical (unpaired) electrons.